The molecule has 0 unspecified atom stereocenters. The zero-order chi connectivity index (χ0) is 24.2. The van der Waals surface area contributed by atoms with Gasteiger partial charge in [-0.3, -0.25) is 4.98 Å². The fourth-order valence-corrected chi connectivity index (χ4v) is 4.12. The maximum absolute atomic E-state index is 11.6. The van der Waals surface area contributed by atoms with Gasteiger partial charge in [-0.25, -0.2) is 4.79 Å². The number of ether oxygens (including phenoxy) is 1. The van der Waals surface area contributed by atoms with E-state index in [0.29, 0.717) is 23.9 Å². The summed E-state index contributed by atoms with van der Waals surface area (Å²) in [6.45, 7) is 1.11. The second-order valence-corrected chi connectivity index (χ2v) is 8.53. The molecule has 3 aromatic carbocycles. The minimum absolute atomic E-state index is 0.125. The maximum atomic E-state index is 11.6. The lowest BCUT2D eigenvalue weighted by Crippen LogP contribution is -2.03. The highest BCUT2D eigenvalue weighted by atomic mass is 35.5. The predicted molar refractivity (Wildman–Crippen MR) is 138 cm³/mol. The summed E-state index contributed by atoms with van der Waals surface area (Å²) in [7, 11) is 0. The molecule has 0 spiro atoms. The van der Waals surface area contributed by atoms with E-state index in [1.807, 2.05) is 66.9 Å². The Labute approximate surface area is 207 Å². The molecule has 0 aliphatic carbocycles. The van der Waals surface area contributed by atoms with Crippen LogP contribution >= 0.6 is 11.6 Å². The average Bonchev–Trinajstić information content (AvgIpc) is 3.26. The molecule has 35 heavy (non-hydrogen) atoms. The van der Waals surface area contributed by atoms with Crippen LogP contribution in [0, 0.1) is 0 Å². The summed E-state index contributed by atoms with van der Waals surface area (Å²) in [5.41, 5.74) is 4.49. The molecule has 0 amide bonds. The summed E-state index contributed by atoms with van der Waals surface area (Å²) in [6, 6.07) is 26.6. The predicted octanol–water partition coefficient (Wildman–Crippen LogP) is 6.76. The van der Waals surface area contributed by atoms with Crippen molar-refractivity contribution in [3.8, 4) is 5.75 Å². The van der Waals surface area contributed by atoms with Crippen molar-refractivity contribution in [1.82, 2.24) is 9.55 Å². The first-order chi connectivity index (χ1) is 17.0. The molecule has 0 saturated heterocycles. The van der Waals surface area contributed by atoms with Crippen molar-refractivity contribution in [2.45, 2.75) is 13.2 Å². The first-order valence-electron chi connectivity index (χ1n) is 11.1. The van der Waals surface area contributed by atoms with E-state index in [9.17, 15) is 9.90 Å². The highest BCUT2D eigenvalue weighted by molar-refractivity contribution is 6.31. The number of rotatable bonds is 8. The van der Waals surface area contributed by atoms with Crippen molar-refractivity contribution >= 4 is 39.8 Å². The maximum Gasteiger partial charge on any atom is 0.337 e. The van der Waals surface area contributed by atoms with Crippen molar-refractivity contribution in [1.29, 1.82) is 0 Å². The third kappa shape index (κ3) is 5.28. The number of benzene rings is 3. The number of nitrogens with one attached hydrogen (secondary N) is 1. The van der Waals surface area contributed by atoms with E-state index in [1.165, 1.54) is 6.07 Å². The Morgan fingerprint density at radius 1 is 1.00 bits per heavy atom. The van der Waals surface area contributed by atoms with Crippen LogP contribution in [0.3, 0.4) is 0 Å². The quantitative estimate of drug-likeness (QED) is 0.255. The number of hydrogen-bond acceptors (Lipinski definition) is 4. The van der Waals surface area contributed by atoms with Crippen LogP contribution in [0.15, 0.2) is 97.3 Å². The fourth-order valence-electron chi connectivity index (χ4n) is 3.94. The number of carboxylic acids is 1. The Bertz CT molecular complexity index is 1500. The second-order valence-electron chi connectivity index (χ2n) is 8.09. The number of halogens is 1. The Morgan fingerprint density at radius 2 is 1.91 bits per heavy atom. The van der Waals surface area contributed by atoms with Crippen LogP contribution in [-0.2, 0) is 13.2 Å². The molecule has 0 atom stereocenters. The van der Waals surface area contributed by atoms with Crippen LogP contribution in [0.1, 0.15) is 21.6 Å². The lowest BCUT2D eigenvalue weighted by Gasteiger charge is -2.12. The lowest BCUT2D eigenvalue weighted by molar-refractivity contribution is 0.0698. The minimum atomic E-state index is -1.03. The summed E-state index contributed by atoms with van der Waals surface area (Å²) >= 11 is 5.96. The van der Waals surface area contributed by atoms with E-state index in [4.69, 9.17) is 16.3 Å². The number of aromatic carboxylic acids is 1. The number of anilines is 2. The number of carbonyl (C=O) groups is 1. The zero-order valence-corrected chi connectivity index (χ0v) is 19.4. The van der Waals surface area contributed by atoms with Crippen molar-refractivity contribution in [3.05, 3.63) is 119 Å². The highest BCUT2D eigenvalue weighted by Crippen LogP contribution is 2.28. The van der Waals surface area contributed by atoms with Gasteiger partial charge in [0.25, 0.3) is 0 Å². The van der Waals surface area contributed by atoms with Gasteiger partial charge < -0.3 is 19.7 Å². The van der Waals surface area contributed by atoms with Crippen molar-refractivity contribution in [2.75, 3.05) is 5.32 Å². The zero-order valence-electron chi connectivity index (χ0n) is 18.7. The first kappa shape index (κ1) is 22.5. The topological polar surface area (TPSA) is 76.4 Å². The largest absolute Gasteiger partial charge is 0.487 e. The molecular weight excluding hydrogens is 462 g/mol. The van der Waals surface area contributed by atoms with Crippen LogP contribution in [0.4, 0.5) is 11.4 Å². The second kappa shape index (κ2) is 9.91. The van der Waals surface area contributed by atoms with Gasteiger partial charge in [0.15, 0.2) is 0 Å². The van der Waals surface area contributed by atoms with E-state index in [-0.39, 0.29) is 5.56 Å². The molecule has 7 heteroatoms. The smallest absolute Gasteiger partial charge is 0.337 e. The number of pyridine rings is 1. The summed E-state index contributed by atoms with van der Waals surface area (Å²) < 4.78 is 8.08. The van der Waals surface area contributed by atoms with E-state index in [1.54, 1.807) is 18.3 Å². The van der Waals surface area contributed by atoms with E-state index in [0.717, 1.165) is 33.6 Å². The van der Waals surface area contributed by atoms with Crippen molar-refractivity contribution in [3.63, 3.8) is 0 Å². The number of carboxylic acid groups (broad SMARTS) is 1. The monoisotopic (exact) mass is 483 g/mol. The van der Waals surface area contributed by atoms with Crippen LogP contribution in [0.2, 0.25) is 5.02 Å². The Balaban J connectivity index is 1.32. The summed E-state index contributed by atoms with van der Waals surface area (Å²) in [5.74, 6) is -0.234. The van der Waals surface area contributed by atoms with Gasteiger partial charge in [-0.1, -0.05) is 29.8 Å². The van der Waals surface area contributed by atoms with Crippen LogP contribution in [0.25, 0.3) is 10.9 Å². The molecule has 6 nitrogen and oxygen atoms in total. The van der Waals surface area contributed by atoms with Gasteiger partial charge in [-0.15, -0.1) is 0 Å². The molecule has 2 aromatic heterocycles. The molecule has 0 bridgehead atoms. The summed E-state index contributed by atoms with van der Waals surface area (Å²) in [4.78, 5) is 15.9. The Hall–Kier alpha value is -4.29. The molecule has 2 heterocycles. The van der Waals surface area contributed by atoms with E-state index < -0.39 is 5.97 Å². The van der Waals surface area contributed by atoms with Gasteiger partial charge in [0, 0.05) is 40.6 Å². The average molecular weight is 484 g/mol. The molecule has 174 valence electrons. The minimum Gasteiger partial charge on any atom is -0.487 e. The molecule has 0 aliphatic heterocycles. The highest BCUT2D eigenvalue weighted by Gasteiger charge is 2.12. The Kier molecular flexibility index (Phi) is 6.37. The van der Waals surface area contributed by atoms with Gasteiger partial charge in [0.05, 0.1) is 16.9 Å². The van der Waals surface area contributed by atoms with Crippen molar-refractivity contribution < 1.29 is 14.6 Å². The van der Waals surface area contributed by atoms with Crippen LogP contribution < -0.4 is 10.1 Å². The van der Waals surface area contributed by atoms with Crippen LogP contribution in [0.5, 0.6) is 5.75 Å². The molecule has 0 radical (unpaired) electrons. The SMILES string of the molecule is O=C(O)c1cc(Cl)ccc1Nc1ccc2c(ccn2Cc2cccc(OCc3ccccn3)c2)c1. The number of hydrogen-bond donors (Lipinski definition) is 2. The summed E-state index contributed by atoms with van der Waals surface area (Å²) in [6.07, 6.45) is 3.80. The van der Waals surface area contributed by atoms with Gasteiger partial charge in [-0.05, 0) is 72.3 Å². The van der Waals surface area contributed by atoms with Crippen molar-refractivity contribution in [2.24, 2.45) is 0 Å². The third-order valence-corrected chi connectivity index (χ3v) is 5.86. The third-order valence-electron chi connectivity index (χ3n) is 5.63. The lowest BCUT2D eigenvalue weighted by atomic mass is 10.1. The molecule has 2 N–H and O–H groups in total. The van der Waals surface area contributed by atoms with Gasteiger partial charge in [0.2, 0.25) is 0 Å². The molecule has 0 fully saturated rings. The number of nitrogens with zero attached hydrogens (tertiary/aromatic N) is 2. The van der Waals surface area contributed by atoms with E-state index in [2.05, 4.69) is 20.9 Å². The fraction of sp³-hybridized carbons (Fsp3) is 0.0714. The van der Waals surface area contributed by atoms with Gasteiger partial charge in [-0.2, -0.15) is 0 Å². The van der Waals surface area contributed by atoms with Gasteiger partial charge in [0.1, 0.15) is 12.4 Å². The molecule has 5 aromatic rings. The number of aromatic nitrogens is 2. The first-order valence-corrected chi connectivity index (χ1v) is 11.4. The van der Waals surface area contributed by atoms with Crippen LogP contribution in [-0.4, -0.2) is 20.6 Å². The normalized spacial score (nSPS) is 10.9. The molecule has 5 rings (SSSR count). The standard InChI is InChI=1S/C28H22ClN3O3/c29-21-7-9-26(25(16-21)28(33)34)31-22-8-10-27-20(15-22)11-13-32(27)17-19-4-3-6-24(14-19)35-18-23-5-1-2-12-30-23/h1-16,31H,17-18H2,(H,33,34). The molecule has 0 aliphatic rings. The number of fused-ring (bicyclic) bond motifs is 1. The molecule has 0 saturated carbocycles. The van der Waals surface area contributed by atoms with E-state index >= 15 is 0 Å². The van der Waals surface area contributed by atoms with Gasteiger partial charge >= 0.3 is 5.97 Å². The Morgan fingerprint density at radius 3 is 2.74 bits per heavy atom. The summed E-state index contributed by atoms with van der Waals surface area (Å²) in [5, 5.41) is 14.1. The molecular formula is C28H22ClN3O3.